The molecule has 6 nitrogen and oxygen atoms in total. The van der Waals surface area contributed by atoms with Gasteiger partial charge in [-0.15, -0.1) is 0 Å². The van der Waals surface area contributed by atoms with Crippen molar-refractivity contribution in [3.63, 3.8) is 0 Å². The van der Waals surface area contributed by atoms with Crippen molar-refractivity contribution in [2.45, 2.75) is 51.4 Å². The molecule has 1 aromatic heterocycles. The summed E-state index contributed by atoms with van der Waals surface area (Å²) in [6.45, 7) is 4.54. The molecule has 1 unspecified atom stereocenters. The summed E-state index contributed by atoms with van der Waals surface area (Å²) in [7, 11) is 5.63. The third kappa shape index (κ3) is 4.60. The van der Waals surface area contributed by atoms with Gasteiger partial charge in [-0.2, -0.15) is 0 Å². The van der Waals surface area contributed by atoms with Crippen LogP contribution in [0.1, 0.15) is 53.5 Å². The number of likely N-dealkylation sites (N-methyl/N-ethyl adjacent to an activating group) is 1. The fraction of sp³-hybridized carbons (Fsp3) is 0.565. The predicted octanol–water partition coefficient (Wildman–Crippen LogP) is 3.35. The summed E-state index contributed by atoms with van der Waals surface area (Å²) in [6, 6.07) is 6.60. The van der Waals surface area contributed by atoms with E-state index in [2.05, 4.69) is 41.2 Å². The predicted molar refractivity (Wildman–Crippen MR) is 113 cm³/mol. The quantitative estimate of drug-likeness (QED) is 0.746. The Morgan fingerprint density at radius 1 is 1.17 bits per heavy atom. The lowest BCUT2D eigenvalue weighted by atomic mass is 9.99. The average Bonchev–Trinajstić information content (AvgIpc) is 2.74. The molecule has 1 fully saturated rings. The number of benzene rings is 1. The lowest BCUT2D eigenvalue weighted by molar-refractivity contribution is 0.131. The van der Waals surface area contributed by atoms with Crippen molar-refractivity contribution in [1.82, 2.24) is 19.8 Å². The van der Waals surface area contributed by atoms with E-state index in [1.54, 1.807) is 14.2 Å². The molecule has 2 aliphatic rings. The zero-order valence-electron chi connectivity index (χ0n) is 17.9. The fourth-order valence-corrected chi connectivity index (χ4v) is 4.54. The number of hydrogen-bond donors (Lipinski definition) is 0. The standard InChI is InChI=1S/C23H32N4O2/c1-26-11-9-20-19(14-26)13-24-23(25-20)21-6-4-5-10-27(21)15-18-12-17(16-28-2)7-8-22(18)29-3/h7-8,12-13,21H,4-6,9-11,14-16H2,1-3H3. The van der Waals surface area contributed by atoms with Crippen molar-refractivity contribution in [1.29, 1.82) is 0 Å². The maximum atomic E-state index is 5.64. The number of methoxy groups -OCH3 is 2. The lowest BCUT2D eigenvalue weighted by Gasteiger charge is -2.35. The number of rotatable bonds is 6. The molecule has 1 atom stereocenters. The minimum atomic E-state index is 0.268. The molecule has 156 valence electrons. The Bertz CT molecular complexity index is 842. The van der Waals surface area contributed by atoms with Crippen LogP contribution in [-0.4, -0.2) is 54.1 Å². The Hall–Kier alpha value is -2.02. The maximum Gasteiger partial charge on any atom is 0.145 e. The van der Waals surface area contributed by atoms with Gasteiger partial charge >= 0.3 is 0 Å². The van der Waals surface area contributed by atoms with Crippen molar-refractivity contribution in [3.8, 4) is 5.75 Å². The number of nitrogens with zero attached hydrogens (tertiary/aromatic N) is 4. The van der Waals surface area contributed by atoms with Crippen LogP contribution in [0.15, 0.2) is 24.4 Å². The van der Waals surface area contributed by atoms with Gasteiger partial charge in [0, 0.05) is 56.2 Å². The van der Waals surface area contributed by atoms with Gasteiger partial charge in [0.1, 0.15) is 11.6 Å². The first-order valence-corrected chi connectivity index (χ1v) is 10.6. The average molecular weight is 397 g/mol. The summed E-state index contributed by atoms with van der Waals surface area (Å²) in [5, 5.41) is 0. The highest BCUT2D eigenvalue weighted by molar-refractivity contribution is 5.37. The van der Waals surface area contributed by atoms with Crippen LogP contribution >= 0.6 is 0 Å². The van der Waals surface area contributed by atoms with E-state index in [0.29, 0.717) is 6.61 Å². The van der Waals surface area contributed by atoms with E-state index < -0.39 is 0 Å². The van der Waals surface area contributed by atoms with Gasteiger partial charge in [0.25, 0.3) is 0 Å². The lowest BCUT2D eigenvalue weighted by Crippen LogP contribution is -2.35. The van der Waals surface area contributed by atoms with E-state index in [1.807, 2.05) is 0 Å². The van der Waals surface area contributed by atoms with Crippen LogP contribution in [0.5, 0.6) is 5.75 Å². The molecule has 4 rings (SSSR count). The van der Waals surface area contributed by atoms with Gasteiger partial charge in [0.2, 0.25) is 0 Å². The number of ether oxygens (including phenoxy) is 2. The Morgan fingerprint density at radius 2 is 2.07 bits per heavy atom. The smallest absolute Gasteiger partial charge is 0.145 e. The van der Waals surface area contributed by atoms with E-state index in [0.717, 1.165) is 50.6 Å². The van der Waals surface area contributed by atoms with Crippen molar-refractivity contribution >= 4 is 0 Å². The molecule has 29 heavy (non-hydrogen) atoms. The SMILES string of the molecule is COCc1ccc(OC)c(CN2CCCCC2c2ncc3c(n2)CCN(C)C3)c1. The number of aromatic nitrogens is 2. The van der Waals surface area contributed by atoms with Gasteiger partial charge in [-0.05, 0) is 44.1 Å². The van der Waals surface area contributed by atoms with Crippen LogP contribution in [0.3, 0.4) is 0 Å². The number of likely N-dealkylation sites (tertiary alicyclic amines) is 1. The minimum Gasteiger partial charge on any atom is -0.496 e. The van der Waals surface area contributed by atoms with Gasteiger partial charge < -0.3 is 14.4 Å². The minimum absolute atomic E-state index is 0.268. The first-order chi connectivity index (χ1) is 14.2. The van der Waals surface area contributed by atoms with Crippen LogP contribution in [0.25, 0.3) is 0 Å². The molecule has 0 radical (unpaired) electrons. The summed E-state index contributed by atoms with van der Waals surface area (Å²) in [4.78, 5) is 14.7. The highest BCUT2D eigenvalue weighted by atomic mass is 16.5. The van der Waals surface area contributed by atoms with Crippen molar-refractivity contribution in [3.05, 3.63) is 52.6 Å². The Morgan fingerprint density at radius 3 is 2.90 bits per heavy atom. The molecule has 6 heteroatoms. The maximum absolute atomic E-state index is 5.64. The summed E-state index contributed by atoms with van der Waals surface area (Å²) >= 11 is 0. The van der Waals surface area contributed by atoms with E-state index in [1.165, 1.54) is 35.2 Å². The molecule has 0 spiro atoms. The highest BCUT2D eigenvalue weighted by Crippen LogP contribution is 2.33. The molecule has 0 bridgehead atoms. The highest BCUT2D eigenvalue weighted by Gasteiger charge is 2.28. The number of piperidine rings is 1. The van der Waals surface area contributed by atoms with Gasteiger partial charge in [0.15, 0.2) is 0 Å². The number of hydrogen-bond acceptors (Lipinski definition) is 6. The normalized spacial score (nSPS) is 20.4. The molecular formula is C23H32N4O2. The third-order valence-corrected chi connectivity index (χ3v) is 6.08. The molecule has 0 amide bonds. The Balaban J connectivity index is 1.58. The van der Waals surface area contributed by atoms with Gasteiger partial charge in [-0.3, -0.25) is 4.90 Å². The van der Waals surface area contributed by atoms with Gasteiger partial charge in [-0.1, -0.05) is 12.5 Å². The molecule has 0 aliphatic carbocycles. The second-order valence-corrected chi connectivity index (χ2v) is 8.25. The van der Waals surface area contributed by atoms with Gasteiger partial charge in [0.05, 0.1) is 19.8 Å². The second-order valence-electron chi connectivity index (χ2n) is 8.25. The van der Waals surface area contributed by atoms with Crippen molar-refractivity contribution < 1.29 is 9.47 Å². The van der Waals surface area contributed by atoms with Crippen LogP contribution in [-0.2, 0) is 30.9 Å². The number of fused-ring (bicyclic) bond motifs is 1. The molecule has 0 saturated carbocycles. The Kier molecular flexibility index (Phi) is 6.43. The van der Waals surface area contributed by atoms with Gasteiger partial charge in [-0.25, -0.2) is 9.97 Å². The first-order valence-electron chi connectivity index (χ1n) is 10.6. The molecule has 1 saturated heterocycles. The van der Waals surface area contributed by atoms with Crippen LogP contribution in [0.4, 0.5) is 0 Å². The summed E-state index contributed by atoms with van der Waals surface area (Å²) in [5.74, 6) is 1.92. The zero-order valence-corrected chi connectivity index (χ0v) is 17.9. The van der Waals surface area contributed by atoms with E-state index in [-0.39, 0.29) is 6.04 Å². The molecule has 3 heterocycles. The zero-order chi connectivity index (χ0) is 20.2. The molecule has 2 aromatic rings. The molecule has 0 N–H and O–H groups in total. The van der Waals surface area contributed by atoms with E-state index in [9.17, 15) is 0 Å². The summed E-state index contributed by atoms with van der Waals surface area (Å²) in [5.41, 5.74) is 4.89. The summed E-state index contributed by atoms with van der Waals surface area (Å²) in [6.07, 6.45) is 6.62. The molecule has 2 aliphatic heterocycles. The largest absolute Gasteiger partial charge is 0.496 e. The van der Waals surface area contributed by atoms with E-state index in [4.69, 9.17) is 19.4 Å². The van der Waals surface area contributed by atoms with Crippen molar-refractivity contribution in [2.24, 2.45) is 0 Å². The Labute approximate surface area is 173 Å². The molecular weight excluding hydrogens is 364 g/mol. The third-order valence-electron chi connectivity index (χ3n) is 6.08. The monoisotopic (exact) mass is 396 g/mol. The van der Waals surface area contributed by atoms with Crippen molar-refractivity contribution in [2.75, 3.05) is 34.4 Å². The second kappa shape index (κ2) is 9.20. The fourth-order valence-electron chi connectivity index (χ4n) is 4.54. The molecule has 1 aromatic carbocycles. The summed E-state index contributed by atoms with van der Waals surface area (Å²) < 4.78 is 11.0. The van der Waals surface area contributed by atoms with Crippen LogP contribution in [0, 0.1) is 0 Å². The van der Waals surface area contributed by atoms with E-state index >= 15 is 0 Å². The first kappa shape index (κ1) is 20.3. The van der Waals surface area contributed by atoms with Crippen LogP contribution in [0.2, 0.25) is 0 Å². The van der Waals surface area contributed by atoms with Crippen LogP contribution < -0.4 is 4.74 Å². The topological polar surface area (TPSA) is 50.7 Å².